The van der Waals surface area contributed by atoms with Gasteiger partial charge in [-0.15, -0.1) is 0 Å². The summed E-state index contributed by atoms with van der Waals surface area (Å²) in [4.78, 5) is 13.6. The summed E-state index contributed by atoms with van der Waals surface area (Å²) in [5, 5.41) is 0. The van der Waals surface area contributed by atoms with Crippen molar-refractivity contribution in [1.82, 2.24) is 4.90 Å². The molecule has 1 rings (SSSR count). The molecule has 1 aliphatic rings. The van der Waals surface area contributed by atoms with Gasteiger partial charge in [-0.05, 0) is 20.3 Å². The maximum atomic E-state index is 12.0. The fraction of sp³-hybridized carbons (Fsp3) is 0.909. The first kappa shape index (κ1) is 13.4. The van der Waals surface area contributed by atoms with Gasteiger partial charge in [0, 0.05) is 20.2 Å². The molecule has 16 heavy (non-hydrogen) atoms. The molecule has 0 aliphatic carbocycles. The van der Waals surface area contributed by atoms with Crippen LogP contribution in [0, 0.1) is 0 Å². The van der Waals surface area contributed by atoms with E-state index in [1.807, 2.05) is 13.8 Å². The second-order valence-electron chi connectivity index (χ2n) is 4.60. The fourth-order valence-corrected chi connectivity index (χ4v) is 1.66. The van der Waals surface area contributed by atoms with Gasteiger partial charge in [0.05, 0.1) is 19.3 Å². The number of ether oxygens (including phenoxy) is 2. The summed E-state index contributed by atoms with van der Waals surface area (Å²) < 4.78 is 10.6. The second-order valence-corrected chi connectivity index (χ2v) is 4.60. The minimum absolute atomic E-state index is 0.0580. The van der Waals surface area contributed by atoms with Crippen LogP contribution in [-0.2, 0) is 14.3 Å². The van der Waals surface area contributed by atoms with Gasteiger partial charge < -0.3 is 20.1 Å². The van der Waals surface area contributed by atoms with Crippen molar-refractivity contribution in [1.29, 1.82) is 0 Å². The lowest BCUT2D eigenvalue weighted by Gasteiger charge is -2.27. The van der Waals surface area contributed by atoms with Gasteiger partial charge in [-0.1, -0.05) is 0 Å². The van der Waals surface area contributed by atoms with Crippen molar-refractivity contribution in [2.24, 2.45) is 5.73 Å². The zero-order chi connectivity index (χ0) is 12.2. The highest BCUT2D eigenvalue weighted by Gasteiger charge is 2.39. The quantitative estimate of drug-likeness (QED) is 0.721. The van der Waals surface area contributed by atoms with E-state index >= 15 is 0 Å². The first-order valence-electron chi connectivity index (χ1n) is 5.69. The Balaban J connectivity index is 2.35. The topological polar surface area (TPSA) is 64.8 Å². The molecule has 2 N–H and O–H groups in total. The van der Waals surface area contributed by atoms with Crippen LogP contribution in [0.15, 0.2) is 0 Å². The molecule has 0 aromatic rings. The summed E-state index contributed by atoms with van der Waals surface area (Å²) in [5.74, 6) is -0.0580. The first-order valence-corrected chi connectivity index (χ1v) is 5.69. The van der Waals surface area contributed by atoms with E-state index in [1.165, 1.54) is 0 Å². The molecule has 0 radical (unpaired) electrons. The van der Waals surface area contributed by atoms with Crippen LogP contribution in [0.1, 0.15) is 20.3 Å². The molecule has 0 aromatic heterocycles. The number of amides is 1. The summed E-state index contributed by atoms with van der Waals surface area (Å²) in [6.07, 6.45) is 0.784. The Hall–Kier alpha value is -0.650. The lowest BCUT2D eigenvalue weighted by Crippen LogP contribution is -2.55. The van der Waals surface area contributed by atoms with E-state index in [-0.39, 0.29) is 12.0 Å². The van der Waals surface area contributed by atoms with Crippen LogP contribution in [0.25, 0.3) is 0 Å². The third-order valence-corrected chi connectivity index (χ3v) is 2.70. The average molecular weight is 230 g/mol. The zero-order valence-corrected chi connectivity index (χ0v) is 10.4. The summed E-state index contributed by atoms with van der Waals surface area (Å²) in [6, 6.07) is 0. The number of carbonyl (C=O) groups is 1. The maximum Gasteiger partial charge on any atom is 0.244 e. The van der Waals surface area contributed by atoms with Gasteiger partial charge in [-0.25, -0.2) is 0 Å². The standard InChI is InChI=1S/C11H22N2O3/c1-9(2)16-7-5-13(3)10(14)11(12)4-6-15-8-11/h9H,4-8,12H2,1-3H3. The van der Waals surface area contributed by atoms with Crippen molar-refractivity contribution < 1.29 is 14.3 Å². The number of nitrogens with two attached hydrogens (primary N) is 1. The highest BCUT2D eigenvalue weighted by molar-refractivity contribution is 5.86. The van der Waals surface area contributed by atoms with Gasteiger partial charge in [0.15, 0.2) is 0 Å². The van der Waals surface area contributed by atoms with E-state index in [2.05, 4.69) is 0 Å². The molecule has 5 heteroatoms. The average Bonchev–Trinajstić information content (AvgIpc) is 2.64. The van der Waals surface area contributed by atoms with E-state index < -0.39 is 5.54 Å². The van der Waals surface area contributed by atoms with Crippen LogP contribution in [-0.4, -0.2) is 55.9 Å². The van der Waals surface area contributed by atoms with Gasteiger partial charge in [-0.2, -0.15) is 0 Å². The van der Waals surface area contributed by atoms with E-state index in [0.29, 0.717) is 32.8 Å². The van der Waals surface area contributed by atoms with Crippen LogP contribution in [0.4, 0.5) is 0 Å². The smallest absolute Gasteiger partial charge is 0.244 e. The molecular formula is C11H22N2O3. The third kappa shape index (κ3) is 3.43. The second kappa shape index (κ2) is 5.61. The van der Waals surface area contributed by atoms with Crippen molar-refractivity contribution in [3.05, 3.63) is 0 Å². The van der Waals surface area contributed by atoms with E-state index in [1.54, 1.807) is 11.9 Å². The number of hydrogen-bond donors (Lipinski definition) is 1. The Morgan fingerprint density at radius 3 is 2.81 bits per heavy atom. The molecule has 1 amide bonds. The molecule has 1 aliphatic heterocycles. The van der Waals surface area contributed by atoms with Crippen LogP contribution >= 0.6 is 0 Å². The minimum Gasteiger partial charge on any atom is -0.379 e. The van der Waals surface area contributed by atoms with Crippen LogP contribution in [0.5, 0.6) is 0 Å². The van der Waals surface area contributed by atoms with Gasteiger partial charge >= 0.3 is 0 Å². The number of hydrogen-bond acceptors (Lipinski definition) is 4. The van der Waals surface area contributed by atoms with E-state index in [9.17, 15) is 4.79 Å². The normalized spacial score (nSPS) is 25.1. The summed E-state index contributed by atoms with van der Waals surface area (Å²) in [6.45, 7) is 5.93. The van der Waals surface area contributed by atoms with Crippen molar-refractivity contribution >= 4 is 5.91 Å². The van der Waals surface area contributed by atoms with Gasteiger partial charge in [0.25, 0.3) is 0 Å². The predicted molar refractivity (Wildman–Crippen MR) is 61.1 cm³/mol. The van der Waals surface area contributed by atoms with Gasteiger partial charge in [-0.3, -0.25) is 4.79 Å². The molecule has 0 bridgehead atoms. The highest BCUT2D eigenvalue weighted by atomic mass is 16.5. The Morgan fingerprint density at radius 1 is 1.62 bits per heavy atom. The van der Waals surface area contributed by atoms with Gasteiger partial charge in [0.2, 0.25) is 5.91 Å². The third-order valence-electron chi connectivity index (χ3n) is 2.70. The molecule has 94 valence electrons. The highest BCUT2D eigenvalue weighted by Crippen LogP contribution is 2.17. The number of nitrogens with zero attached hydrogens (tertiary/aromatic N) is 1. The molecule has 0 aromatic carbocycles. The van der Waals surface area contributed by atoms with Crippen molar-refractivity contribution in [3.8, 4) is 0 Å². The Labute approximate surface area is 96.9 Å². The minimum atomic E-state index is -0.827. The lowest BCUT2D eigenvalue weighted by atomic mass is 9.99. The molecule has 1 fully saturated rings. The molecule has 1 heterocycles. The number of rotatable bonds is 5. The van der Waals surface area contributed by atoms with Crippen molar-refractivity contribution in [3.63, 3.8) is 0 Å². The molecule has 1 atom stereocenters. The Bertz CT molecular complexity index is 237. The lowest BCUT2D eigenvalue weighted by molar-refractivity contribution is -0.136. The first-order chi connectivity index (χ1) is 7.46. The summed E-state index contributed by atoms with van der Waals surface area (Å²) in [7, 11) is 1.75. The van der Waals surface area contributed by atoms with Crippen LogP contribution in [0.2, 0.25) is 0 Å². The predicted octanol–water partition coefficient (Wildman–Crippen LogP) is -0.0124. The maximum absolute atomic E-state index is 12.0. The van der Waals surface area contributed by atoms with Crippen LogP contribution in [0.3, 0.4) is 0 Å². The molecule has 1 unspecified atom stereocenters. The van der Waals surface area contributed by atoms with Gasteiger partial charge in [0.1, 0.15) is 5.54 Å². The molecular weight excluding hydrogens is 208 g/mol. The molecule has 1 saturated heterocycles. The molecule has 5 nitrogen and oxygen atoms in total. The number of likely N-dealkylation sites (N-methyl/N-ethyl adjacent to an activating group) is 1. The molecule has 0 spiro atoms. The van der Waals surface area contributed by atoms with Crippen molar-refractivity contribution in [2.75, 3.05) is 33.4 Å². The monoisotopic (exact) mass is 230 g/mol. The molecule has 0 saturated carbocycles. The zero-order valence-electron chi connectivity index (χ0n) is 10.4. The SMILES string of the molecule is CC(C)OCCN(C)C(=O)C1(N)CCOC1. The Morgan fingerprint density at radius 2 is 2.31 bits per heavy atom. The van der Waals surface area contributed by atoms with Crippen molar-refractivity contribution in [2.45, 2.75) is 31.9 Å². The van der Waals surface area contributed by atoms with Crippen LogP contribution < -0.4 is 5.73 Å². The Kier molecular flexibility index (Phi) is 4.70. The number of carbonyl (C=O) groups excluding carboxylic acids is 1. The fourth-order valence-electron chi connectivity index (χ4n) is 1.66. The summed E-state index contributed by atoms with van der Waals surface area (Å²) in [5.41, 5.74) is 5.15. The van der Waals surface area contributed by atoms with E-state index in [4.69, 9.17) is 15.2 Å². The summed E-state index contributed by atoms with van der Waals surface area (Å²) >= 11 is 0. The van der Waals surface area contributed by atoms with E-state index in [0.717, 1.165) is 0 Å². The largest absolute Gasteiger partial charge is 0.379 e.